The van der Waals surface area contributed by atoms with E-state index < -0.39 is 0 Å². The maximum absolute atomic E-state index is 6.59. The number of allylic oxidation sites excluding steroid dienone is 4. The molecule has 1 heteroatoms. The molecule has 4 aliphatic rings. The van der Waals surface area contributed by atoms with Crippen LogP contribution in [-0.4, -0.2) is 0 Å². The standard InChI is InChI=1S/C28H30O/c1-3-7-27(23(5-1)17-25-15-19-9-11-21(25)13-19)29-28-8-4-2-6-24(28)18-26-16-20-10-12-22(26)14-20/h1-12,19-22,25-26H,13-18H2. The Labute approximate surface area is 174 Å². The average Bonchev–Trinajstić information content (AvgIpc) is 3.53. The van der Waals surface area contributed by atoms with Crippen LogP contribution in [0.1, 0.15) is 36.8 Å². The summed E-state index contributed by atoms with van der Waals surface area (Å²) in [5.41, 5.74) is 2.74. The fourth-order valence-corrected chi connectivity index (χ4v) is 6.49. The van der Waals surface area contributed by atoms with Gasteiger partial charge in [0.1, 0.15) is 11.5 Å². The zero-order valence-corrected chi connectivity index (χ0v) is 17.0. The van der Waals surface area contributed by atoms with Crippen LogP contribution in [0.3, 0.4) is 0 Å². The van der Waals surface area contributed by atoms with Crippen molar-refractivity contribution in [2.45, 2.75) is 38.5 Å². The zero-order chi connectivity index (χ0) is 19.2. The second kappa shape index (κ2) is 7.20. The molecule has 6 unspecified atom stereocenters. The lowest BCUT2D eigenvalue weighted by Crippen LogP contribution is -2.12. The van der Waals surface area contributed by atoms with E-state index in [1.54, 1.807) is 0 Å². The largest absolute Gasteiger partial charge is 0.457 e. The Balaban J connectivity index is 1.21. The highest BCUT2D eigenvalue weighted by Gasteiger charge is 2.37. The third kappa shape index (κ3) is 3.35. The number of rotatable bonds is 6. The lowest BCUT2D eigenvalue weighted by molar-refractivity contribution is 0.414. The van der Waals surface area contributed by atoms with Gasteiger partial charge in [0.25, 0.3) is 0 Å². The monoisotopic (exact) mass is 382 g/mol. The van der Waals surface area contributed by atoms with Gasteiger partial charge in [-0.3, -0.25) is 0 Å². The number of para-hydroxylation sites is 2. The Hall–Kier alpha value is -2.28. The van der Waals surface area contributed by atoms with Crippen LogP contribution in [0.4, 0.5) is 0 Å². The molecule has 0 spiro atoms. The van der Waals surface area contributed by atoms with E-state index in [-0.39, 0.29) is 0 Å². The van der Waals surface area contributed by atoms with Gasteiger partial charge in [0.15, 0.2) is 0 Å². The molecule has 0 aromatic heterocycles. The predicted molar refractivity (Wildman–Crippen MR) is 118 cm³/mol. The summed E-state index contributed by atoms with van der Waals surface area (Å²) in [6.45, 7) is 0. The minimum atomic E-state index is 0.783. The number of fused-ring (bicyclic) bond motifs is 4. The van der Waals surface area contributed by atoms with Crippen molar-refractivity contribution in [2.75, 3.05) is 0 Å². The average molecular weight is 383 g/mol. The van der Waals surface area contributed by atoms with E-state index in [0.717, 1.165) is 59.8 Å². The summed E-state index contributed by atoms with van der Waals surface area (Å²) in [6.07, 6.45) is 17.5. The van der Waals surface area contributed by atoms with Crippen molar-refractivity contribution in [3.05, 3.63) is 84.0 Å². The maximum Gasteiger partial charge on any atom is 0.130 e. The SMILES string of the molecule is C1=CC2CC1CC2Cc1ccccc1Oc1ccccc1CC1CC2C=CC1C2. The molecule has 0 amide bonds. The molecule has 2 aromatic carbocycles. The van der Waals surface area contributed by atoms with Gasteiger partial charge in [0.2, 0.25) is 0 Å². The molecule has 148 valence electrons. The molecule has 6 rings (SSSR count). The van der Waals surface area contributed by atoms with Gasteiger partial charge in [0, 0.05) is 0 Å². The molecule has 1 nitrogen and oxygen atoms in total. The Kier molecular flexibility index (Phi) is 4.36. The molecular weight excluding hydrogens is 352 g/mol. The minimum Gasteiger partial charge on any atom is -0.457 e. The molecule has 0 aliphatic heterocycles. The first-order valence-corrected chi connectivity index (χ1v) is 11.5. The molecule has 0 N–H and O–H groups in total. The second-order valence-corrected chi connectivity index (χ2v) is 9.81. The number of benzene rings is 2. The summed E-state index contributed by atoms with van der Waals surface area (Å²) in [6, 6.07) is 17.4. The molecule has 2 fully saturated rings. The van der Waals surface area contributed by atoms with Crippen LogP contribution < -0.4 is 4.74 Å². The van der Waals surface area contributed by atoms with Crippen molar-refractivity contribution in [3.63, 3.8) is 0 Å². The summed E-state index contributed by atoms with van der Waals surface area (Å²) in [4.78, 5) is 0. The Morgan fingerprint density at radius 1 is 0.586 bits per heavy atom. The molecule has 0 radical (unpaired) electrons. The van der Waals surface area contributed by atoms with Gasteiger partial charge in [0.05, 0.1) is 0 Å². The minimum absolute atomic E-state index is 0.783. The molecule has 6 atom stereocenters. The summed E-state index contributed by atoms with van der Waals surface area (Å²) in [5.74, 6) is 6.90. The molecule has 4 aliphatic carbocycles. The highest BCUT2D eigenvalue weighted by atomic mass is 16.5. The van der Waals surface area contributed by atoms with E-state index in [0.29, 0.717) is 0 Å². The first-order chi connectivity index (χ1) is 14.3. The molecule has 2 saturated carbocycles. The van der Waals surface area contributed by atoms with Crippen LogP contribution >= 0.6 is 0 Å². The molecule has 0 saturated heterocycles. The summed E-state index contributed by atoms with van der Waals surface area (Å²) in [7, 11) is 0. The first kappa shape index (κ1) is 17.6. The smallest absolute Gasteiger partial charge is 0.130 e. The van der Waals surface area contributed by atoms with Gasteiger partial charge in [-0.05, 0) is 97.3 Å². The van der Waals surface area contributed by atoms with Gasteiger partial charge in [-0.15, -0.1) is 0 Å². The molecule has 4 bridgehead atoms. The van der Waals surface area contributed by atoms with Crippen molar-refractivity contribution in [1.82, 2.24) is 0 Å². The second-order valence-electron chi connectivity index (χ2n) is 9.81. The van der Waals surface area contributed by atoms with Gasteiger partial charge in [-0.1, -0.05) is 60.7 Å². The van der Waals surface area contributed by atoms with Crippen molar-refractivity contribution >= 4 is 0 Å². The predicted octanol–water partition coefficient (Wildman–Crippen LogP) is 6.99. The number of ether oxygens (including phenoxy) is 1. The lowest BCUT2D eigenvalue weighted by Gasteiger charge is -2.22. The summed E-state index contributed by atoms with van der Waals surface area (Å²) >= 11 is 0. The zero-order valence-electron chi connectivity index (χ0n) is 17.0. The molecule has 0 heterocycles. The van der Waals surface area contributed by atoms with E-state index in [9.17, 15) is 0 Å². The fraction of sp³-hybridized carbons (Fsp3) is 0.429. The third-order valence-electron chi connectivity index (χ3n) is 7.96. The van der Waals surface area contributed by atoms with Gasteiger partial charge >= 0.3 is 0 Å². The van der Waals surface area contributed by atoms with E-state index in [4.69, 9.17) is 4.74 Å². The van der Waals surface area contributed by atoms with Gasteiger partial charge in [-0.2, -0.15) is 0 Å². The highest BCUT2D eigenvalue weighted by molar-refractivity contribution is 5.42. The lowest BCUT2D eigenvalue weighted by atomic mass is 9.87. The topological polar surface area (TPSA) is 9.23 Å². The number of hydrogen-bond donors (Lipinski definition) is 0. The van der Waals surface area contributed by atoms with Crippen molar-refractivity contribution < 1.29 is 4.74 Å². The quantitative estimate of drug-likeness (QED) is 0.489. The first-order valence-electron chi connectivity index (χ1n) is 11.5. The van der Waals surface area contributed by atoms with Crippen LogP contribution in [0.15, 0.2) is 72.8 Å². The van der Waals surface area contributed by atoms with E-state index in [1.165, 1.54) is 36.8 Å². The number of hydrogen-bond acceptors (Lipinski definition) is 1. The van der Waals surface area contributed by atoms with Crippen molar-refractivity contribution in [3.8, 4) is 11.5 Å². The van der Waals surface area contributed by atoms with Crippen molar-refractivity contribution in [2.24, 2.45) is 35.5 Å². The summed E-state index contributed by atoms with van der Waals surface area (Å²) in [5, 5.41) is 0. The van der Waals surface area contributed by atoms with E-state index >= 15 is 0 Å². The Bertz CT molecular complexity index is 877. The highest BCUT2D eigenvalue weighted by Crippen LogP contribution is 2.47. The van der Waals surface area contributed by atoms with Crippen LogP contribution in [0, 0.1) is 35.5 Å². The van der Waals surface area contributed by atoms with E-state index in [2.05, 4.69) is 72.8 Å². The summed E-state index contributed by atoms with van der Waals surface area (Å²) < 4.78 is 6.59. The Morgan fingerprint density at radius 3 is 1.48 bits per heavy atom. The van der Waals surface area contributed by atoms with Crippen molar-refractivity contribution in [1.29, 1.82) is 0 Å². The molecule has 29 heavy (non-hydrogen) atoms. The Morgan fingerprint density at radius 2 is 1.07 bits per heavy atom. The van der Waals surface area contributed by atoms with Crippen LogP contribution in [0.25, 0.3) is 0 Å². The van der Waals surface area contributed by atoms with Gasteiger partial charge in [-0.25, -0.2) is 0 Å². The normalized spacial score (nSPS) is 33.7. The van der Waals surface area contributed by atoms with E-state index in [1.807, 2.05) is 0 Å². The third-order valence-corrected chi connectivity index (χ3v) is 7.96. The maximum atomic E-state index is 6.59. The van der Waals surface area contributed by atoms with Crippen LogP contribution in [0.5, 0.6) is 11.5 Å². The molecular formula is C28H30O. The van der Waals surface area contributed by atoms with Crippen LogP contribution in [0.2, 0.25) is 0 Å². The fourth-order valence-electron chi connectivity index (χ4n) is 6.49. The molecule has 2 aromatic rings. The van der Waals surface area contributed by atoms with Gasteiger partial charge < -0.3 is 4.74 Å². The van der Waals surface area contributed by atoms with Crippen LogP contribution in [-0.2, 0) is 12.8 Å².